The fraction of sp³-hybridized carbons (Fsp3) is 0.318. The van der Waals surface area contributed by atoms with E-state index in [9.17, 15) is 22.8 Å². The summed E-state index contributed by atoms with van der Waals surface area (Å²) in [6.45, 7) is 5.12. The Bertz CT molecular complexity index is 1050. The number of carbonyl (C=O) groups is 2. The number of piperidine rings is 1. The van der Waals surface area contributed by atoms with Crippen molar-refractivity contribution in [2.24, 2.45) is 0 Å². The van der Waals surface area contributed by atoms with Crippen LogP contribution in [0.15, 0.2) is 54.9 Å². The fourth-order valence-electron chi connectivity index (χ4n) is 3.86. The Morgan fingerprint density at radius 1 is 1.21 bits per heavy atom. The molecule has 0 aliphatic carbocycles. The number of allylic oxidation sites excluding steroid dienone is 1. The van der Waals surface area contributed by atoms with E-state index in [1.54, 1.807) is 0 Å². The lowest BCUT2D eigenvalue weighted by Crippen LogP contribution is -2.60. The lowest BCUT2D eigenvalue weighted by molar-refractivity contribution is -0.274. The fourth-order valence-corrected chi connectivity index (χ4v) is 3.86. The number of hydrogen-bond donors (Lipinski definition) is 3. The van der Waals surface area contributed by atoms with E-state index in [0.717, 1.165) is 36.0 Å². The van der Waals surface area contributed by atoms with Gasteiger partial charge < -0.3 is 20.3 Å². The minimum atomic E-state index is -4.82. The van der Waals surface area contributed by atoms with Crippen LogP contribution in [0.5, 0.6) is 5.75 Å². The molecule has 174 valence electrons. The van der Waals surface area contributed by atoms with Gasteiger partial charge >= 0.3 is 12.4 Å². The van der Waals surface area contributed by atoms with Crippen molar-refractivity contribution in [3.05, 3.63) is 60.4 Å². The van der Waals surface area contributed by atoms with E-state index >= 15 is 0 Å². The number of nitrogens with zero attached hydrogens (tertiary/aromatic N) is 2. The first-order chi connectivity index (χ1) is 15.7. The molecule has 4 rings (SSSR count). The molecule has 1 aromatic carbocycles. The molecule has 2 fully saturated rings. The number of urea groups is 1. The molecule has 8 nitrogen and oxygen atoms in total. The van der Waals surface area contributed by atoms with Gasteiger partial charge in [0.2, 0.25) is 5.91 Å². The number of ether oxygens (including phenoxy) is 1. The first-order valence-corrected chi connectivity index (χ1v) is 10.3. The number of amides is 3. The molecule has 2 aliphatic rings. The lowest BCUT2D eigenvalue weighted by atomic mass is 9.88. The number of hydrogen-bond acceptors (Lipinski definition) is 5. The highest BCUT2D eigenvalue weighted by atomic mass is 19.4. The summed E-state index contributed by atoms with van der Waals surface area (Å²) < 4.78 is 40.8. The second kappa shape index (κ2) is 9.00. The van der Waals surface area contributed by atoms with Crippen LogP contribution in [0, 0.1) is 0 Å². The van der Waals surface area contributed by atoms with Gasteiger partial charge in [-0.2, -0.15) is 0 Å². The zero-order chi connectivity index (χ0) is 23.6. The van der Waals surface area contributed by atoms with Crippen LogP contribution in [0.4, 0.5) is 29.5 Å². The predicted molar refractivity (Wildman–Crippen MR) is 115 cm³/mol. The summed E-state index contributed by atoms with van der Waals surface area (Å²) in [5.41, 5.74) is 2.80. The molecule has 0 bridgehead atoms. The van der Waals surface area contributed by atoms with Gasteiger partial charge in [0.1, 0.15) is 11.6 Å². The van der Waals surface area contributed by atoms with Crippen molar-refractivity contribution in [1.82, 2.24) is 15.6 Å². The van der Waals surface area contributed by atoms with Gasteiger partial charge in [-0.3, -0.25) is 10.1 Å². The number of carbonyl (C=O) groups excluding carboxylic acids is 2. The summed E-state index contributed by atoms with van der Waals surface area (Å²) in [6, 6.07) is 9.36. The Kier molecular flexibility index (Phi) is 6.12. The zero-order valence-electron chi connectivity index (χ0n) is 17.5. The van der Waals surface area contributed by atoms with Gasteiger partial charge in [-0.05, 0) is 30.2 Å². The maximum atomic E-state index is 12.3. The van der Waals surface area contributed by atoms with Crippen molar-refractivity contribution in [2.45, 2.75) is 31.2 Å². The van der Waals surface area contributed by atoms with E-state index in [2.05, 4.69) is 37.2 Å². The van der Waals surface area contributed by atoms with E-state index in [1.165, 1.54) is 0 Å². The first-order valence-electron chi connectivity index (χ1n) is 10.3. The van der Waals surface area contributed by atoms with Gasteiger partial charge in [-0.1, -0.05) is 18.7 Å². The molecule has 0 radical (unpaired) electrons. The number of benzene rings is 1. The SMILES string of the molecule is C=C1NC(=O)CCC1c1ccc(N2CC(NC(=O)Nc3cc(OC(F)(F)F)ccn3)C2)cc1. The highest BCUT2D eigenvalue weighted by Crippen LogP contribution is 2.32. The number of halogens is 3. The van der Waals surface area contributed by atoms with Gasteiger partial charge in [-0.15, -0.1) is 13.2 Å². The third kappa shape index (κ3) is 5.73. The standard InChI is InChI=1S/C22H22F3N5O3/c1-13-18(6-7-20(31)27-13)14-2-4-16(5-3-14)30-11-15(12-30)28-21(32)29-19-10-17(8-9-26-19)33-22(23,24)25/h2-5,8-10,15,18H,1,6-7,11-12H2,(H,27,31)(H2,26,28,29,32). The number of rotatable bonds is 5. The number of nitrogens with one attached hydrogen (secondary N) is 3. The molecule has 2 aromatic rings. The number of aromatic nitrogens is 1. The van der Waals surface area contributed by atoms with Crippen LogP contribution < -0.4 is 25.6 Å². The van der Waals surface area contributed by atoms with Gasteiger partial charge in [-0.25, -0.2) is 9.78 Å². The van der Waals surface area contributed by atoms with E-state index < -0.39 is 18.1 Å². The molecule has 3 heterocycles. The Morgan fingerprint density at radius 3 is 2.61 bits per heavy atom. The maximum Gasteiger partial charge on any atom is 0.573 e. The van der Waals surface area contributed by atoms with Crippen LogP contribution in [0.3, 0.4) is 0 Å². The Morgan fingerprint density at radius 2 is 1.94 bits per heavy atom. The van der Waals surface area contributed by atoms with Crippen LogP contribution in [0.25, 0.3) is 0 Å². The Balaban J connectivity index is 1.25. The van der Waals surface area contributed by atoms with Crippen molar-refractivity contribution in [3.8, 4) is 5.75 Å². The second-order valence-electron chi connectivity index (χ2n) is 7.88. The van der Waals surface area contributed by atoms with E-state index in [0.29, 0.717) is 25.2 Å². The van der Waals surface area contributed by atoms with E-state index in [1.807, 2.05) is 24.3 Å². The quantitative estimate of drug-likeness (QED) is 0.634. The topological polar surface area (TPSA) is 95.6 Å². The van der Waals surface area contributed by atoms with Crippen molar-refractivity contribution < 1.29 is 27.5 Å². The van der Waals surface area contributed by atoms with Gasteiger partial charge in [0.15, 0.2) is 0 Å². The number of anilines is 2. The Hall–Kier alpha value is -3.76. The van der Waals surface area contributed by atoms with Crippen molar-refractivity contribution in [1.29, 1.82) is 0 Å². The molecule has 1 aromatic heterocycles. The summed E-state index contributed by atoms with van der Waals surface area (Å²) in [6.07, 6.45) is -2.51. The predicted octanol–water partition coefficient (Wildman–Crippen LogP) is 3.50. The third-order valence-corrected chi connectivity index (χ3v) is 5.46. The molecule has 3 N–H and O–H groups in total. The minimum Gasteiger partial charge on any atom is -0.406 e. The largest absolute Gasteiger partial charge is 0.573 e. The highest BCUT2D eigenvalue weighted by molar-refractivity contribution is 5.88. The molecule has 3 amide bonds. The molecular formula is C22H22F3N5O3. The maximum absolute atomic E-state index is 12.3. The van der Waals surface area contributed by atoms with Crippen LogP contribution in [-0.4, -0.2) is 42.4 Å². The minimum absolute atomic E-state index is 0.00541. The monoisotopic (exact) mass is 461 g/mol. The second-order valence-corrected chi connectivity index (χ2v) is 7.88. The van der Waals surface area contributed by atoms with Crippen molar-refractivity contribution in [2.75, 3.05) is 23.3 Å². The van der Waals surface area contributed by atoms with Crippen LogP contribution in [-0.2, 0) is 4.79 Å². The average Bonchev–Trinajstić information content (AvgIpc) is 2.70. The summed E-state index contributed by atoms with van der Waals surface area (Å²) in [4.78, 5) is 29.5. The lowest BCUT2D eigenvalue weighted by Gasteiger charge is -2.41. The molecule has 11 heteroatoms. The molecule has 1 atom stereocenters. The molecule has 1 unspecified atom stereocenters. The van der Waals surface area contributed by atoms with E-state index in [4.69, 9.17) is 0 Å². The Labute approximate surface area is 187 Å². The van der Waals surface area contributed by atoms with Gasteiger partial charge in [0.25, 0.3) is 0 Å². The normalized spacial score (nSPS) is 18.9. The molecule has 2 aliphatic heterocycles. The van der Waals surface area contributed by atoms with Crippen LogP contribution in [0.1, 0.15) is 24.3 Å². The molecular weight excluding hydrogens is 439 g/mol. The van der Waals surface area contributed by atoms with Crippen molar-refractivity contribution in [3.63, 3.8) is 0 Å². The van der Waals surface area contributed by atoms with E-state index in [-0.39, 0.29) is 23.7 Å². The summed E-state index contributed by atoms with van der Waals surface area (Å²) in [7, 11) is 0. The third-order valence-electron chi connectivity index (χ3n) is 5.46. The van der Waals surface area contributed by atoms with Crippen LogP contribution in [0.2, 0.25) is 0 Å². The molecule has 2 saturated heterocycles. The van der Waals surface area contributed by atoms with Gasteiger partial charge in [0.05, 0.1) is 6.04 Å². The first kappa shape index (κ1) is 22.4. The molecule has 0 saturated carbocycles. The molecule has 33 heavy (non-hydrogen) atoms. The van der Waals surface area contributed by atoms with Crippen molar-refractivity contribution >= 4 is 23.4 Å². The molecule has 0 spiro atoms. The smallest absolute Gasteiger partial charge is 0.406 e. The average molecular weight is 461 g/mol. The van der Waals surface area contributed by atoms with Gasteiger partial charge in [0, 0.05) is 49.1 Å². The summed E-state index contributed by atoms with van der Waals surface area (Å²) >= 11 is 0. The summed E-state index contributed by atoms with van der Waals surface area (Å²) in [5.74, 6) is -0.430. The summed E-state index contributed by atoms with van der Waals surface area (Å²) in [5, 5.41) is 7.96. The number of alkyl halides is 3. The number of pyridine rings is 1. The zero-order valence-corrected chi connectivity index (χ0v) is 17.5. The van der Waals surface area contributed by atoms with Crippen LogP contribution >= 0.6 is 0 Å². The highest BCUT2D eigenvalue weighted by Gasteiger charge is 2.32.